The molecule has 0 unspecified atom stereocenters. The van der Waals surface area contributed by atoms with Gasteiger partial charge in [-0.2, -0.15) is 5.10 Å². The van der Waals surface area contributed by atoms with Gasteiger partial charge in [-0.25, -0.2) is 18.7 Å². The maximum atomic E-state index is 14.6. The van der Waals surface area contributed by atoms with Crippen LogP contribution < -0.4 is 20.4 Å². The zero-order chi connectivity index (χ0) is 27.2. The van der Waals surface area contributed by atoms with E-state index in [2.05, 4.69) is 15.1 Å². The standard InChI is InChI=1S/C29H28F2N8O/c30-17-2-1-16-14-29(26(32)19(16)13-17)7-9-37(10-8-29)22-15-33-24-27(34-22)35-36-28(24)38-11-12-39-23(40)6-3-18-20(31)4-5-21(38)25(18)39/h1-2,4-5,13,15,26H,3,6-12,14,32H2,(H,34,35,36)/t26-/m1/s1. The van der Waals surface area contributed by atoms with Gasteiger partial charge in [0.25, 0.3) is 0 Å². The van der Waals surface area contributed by atoms with Crippen molar-refractivity contribution in [2.45, 2.75) is 38.1 Å². The SMILES string of the molecule is N[C@@H]1c2cc(F)ccc2CC12CCN(c1cnc3c(N4CCN5C(=O)CCc6c(F)ccc4c65)n[nH]c3n1)CC2. The van der Waals surface area contributed by atoms with Gasteiger partial charge in [0.2, 0.25) is 5.91 Å². The molecule has 9 nitrogen and oxygen atoms in total. The first-order valence-corrected chi connectivity index (χ1v) is 13.8. The molecule has 1 amide bonds. The molecule has 0 bridgehead atoms. The lowest BCUT2D eigenvalue weighted by Crippen LogP contribution is -2.45. The van der Waals surface area contributed by atoms with E-state index in [-0.39, 0.29) is 29.0 Å². The summed E-state index contributed by atoms with van der Waals surface area (Å²) in [4.78, 5) is 28.1. The molecular formula is C29H28F2N8O. The van der Waals surface area contributed by atoms with Gasteiger partial charge < -0.3 is 20.4 Å². The molecule has 1 spiro atoms. The molecule has 1 aliphatic carbocycles. The summed E-state index contributed by atoms with van der Waals surface area (Å²) in [5.41, 5.74) is 11.9. The molecule has 2 aromatic carbocycles. The number of halogens is 2. The molecule has 1 fully saturated rings. The number of carbonyl (C=O) groups excluding carboxylic acids is 1. The van der Waals surface area contributed by atoms with Gasteiger partial charge >= 0.3 is 0 Å². The molecule has 204 valence electrons. The topological polar surface area (TPSA) is 107 Å². The Balaban J connectivity index is 1.06. The molecule has 2 aromatic heterocycles. The molecule has 5 heterocycles. The number of rotatable bonds is 2. The van der Waals surface area contributed by atoms with Crippen LogP contribution in [-0.4, -0.2) is 52.3 Å². The Morgan fingerprint density at radius 2 is 1.85 bits per heavy atom. The number of aromatic nitrogens is 4. The zero-order valence-corrected chi connectivity index (χ0v) is 21.8. The Morgan fingerprint density at radius 3 is 2.70 bits per heavy atom. The highest BCUT2D eigenvalue weighted by Crippen LogP contribution is 2.51. The van der Waals surface area contributed by atoms with Gasteiger partial charge in [0.15, 0.2) is 17.0 Å². The molecule has 3 N–H and O–H groups in total. The van der Waals surface area contributed by atoms with Crippen LogP contribution in [0.15, 0.2) is 36.5 Å². The number of piperidine rings is 1. The fourth-order valence-corrected chi connectivity index (χ4v) is 7.25. The Hall–Kier alpha value is -4.12. The third-order valence-corrected chi connectivity index (χ3v) is 9.43. The number of nitrogens with zero attached hydrogens (tertiary/aromatic N) is 6. The average Bonchev–Trinajstić information content (AvgIpc) is 3.50. The summed E-state index contributed by atoms with van der Waals surface area (Å²) in [5.74, 6) is 0.878. The first kappa shape index (κ1) is 23.7. The fourth-order valence-electron chi connectivity index (χ4n) is 7.25. The summed E-state index contributed by atoms with van der Waals surface area (Å²) < 4.78 is 28.5. The van der Waals surface area contributed by atoms with Crippen molar-refractivity contribution in [1.82, 2.24) is 20.2 Å². The monoisotopic (exact) mass is 542 g/mol. The van der Waals surface area contributed by atoms with Gasteiger partial charge in [-0.05, 0) is 66.5 Å². The number of anilines is 4. The van der Waals surface area contributed by atoms with Gasteiger partial charge in [0, 0.05) is 44.2 Å². The second-order valence-corrected chi connectivity index (χ2v) is 11.4. The van der Waals surface area contributed by atoms with Crippen LogP contribution in [0.5, 0.6) is 0 Å². The number of hydrogen-bond acceptors (Lipinski definition) is 7. The molecule has 3 aliphatic heterocycles. The smallest absolute Gasteiger partial charge is 0.227 e. The van der Waals surface area contributed by atoms with E-state index in [1.165, 1.54) is 12.1 Å². The fraction of sp³-hybridized carbons (Fsp3) is 0.379. The molecule has 1 atom stereocenters. The van der Waals surface area contributed by atoms with Gasteiger partial charge in [0.05, 0.1) is 17.6 Å². The van der Waals surface area contributed by atoms with Crippen LogP contribution >= 0.6 is 0 Å². The van der Waals surface area contributed by atoms with Crippen LogP contribution in [0.2, 0.25) is 0 Å². The summed E-state index contributed by atoms with van der Waals surface area (Å²) in [6.45, 7) is 2.54. The quantitative estimate of drug-likeness (QED) is 0.396. The minimum absolute atomic E-state index is 0.0215. The maximum absolute atomic E-state index is 14.6. The van der Waals surface area contributed by atoms with Crippen LogP contribution in [0.1, 0.15) is 42.0 Å². The minimum Gasteiger partial charge on any atom is -0.355 e. The summed E-state index contributed by atoms with van der Waals surface area (Å²) in [6.07, 6.45) is 5.14. The third kappa shape index (κ3) is 3.33. The number of nitrogens with two attached hydrogens (primary N) is 1. The highest BCUT2D eigenvalue weighted by molar-refractivity contribution is 6.03. The zero-order valence-electron chi connectivity index (χ0n) is 21.8. The molecule has 0 saturated carbocycles. The number of benzene rings is 2. The first-order valence-electron chi connectivity index (χ1n) is 13.8. The van der Waals surface area contributed by atoms with Crippen molar-refractivity contribution in [1.29, 1.82) is 0 Å². The van der Waals surface area contributed by atoms with E-state index in [9.17, 15) is 13.6 Å². The second-order valence-electron chi connectivity index (χ2n) is 11.4. The van der Waals surface area contributed by atoms with Crippen molar-refractivity contribution < 1.29 is 13.6 Å². The molecule has 40 heavy (non-hydrogen) atoms. The van der Waals surface area contributed by atoms with Crippen molar-refractivity contribution in [2.24, 2.45) is 11.1 Å². The summed E-state index contributed by atoms with van der Waals surface area (Å²) >= 11 is 0. The van der Waals surface area contributed by atoms with Gasteiger partial charge in [0.1, 0.15) is 17.5 Å². The Morgan fingerprint density at radius 1 is 1.02 bits per heavy atom. The Labute approximate surface area is 229 Å². The van der Waals surface area contributed by atoms with E-state index in [4.69, 9.17) is 15.7 Å². The van der Waals surface area contributed by atoms with E-state index in [1.807, 2.05) is 11.0 Å². The number of amides is 1. The van der Waals surface area contributed by atoms with Crippen molar-refractivity contribution in [3.05, 3.63) is 64.9 Å². The van der Waals surface area contributed by atoms with E-state index < -0.39 is 0 Å². The molecule has 1 saturated heterocycles. The van der Waals surface area contributed by atoms with Crippen LogP contribution in [-0.2, 0) is 17.6 Å². The summed E-state index contributed by atoms with van der Waals surface area (Å²) in [5, 5.41) is 7.60. The minimum atomic E-state index is -0.285. The van der Waals surface area contributed by atoms with E-state index >= 15 is 0 Å². The van der Waals surface area contributed by atoms with Gasteiger partial charge in [-0.3, -0.25) is 9.89 Å². The molecule has 8 rings (SSSR count). The largest absolute Gasteiger partial charge is 0.355 e. The first-order chi connectivity index (χ1) is 19.4. The summed E-state index contributed by atoms with van der Waals surface area (Å²) in [7, 11) is 0. The number of fused-ring (bicyclic) bond motifs is 2. The Kier molecular flexibility index (Phi) is 5.01. The van der Waals surface area contributed by atoms with Crippen molar-refractivity contribution in [3.8, 4) is 0 Å². The molecular weight excluding hydrogens is 514 g/mol. The van der Waals surface area contributed by atoms with Crippen molar-refractivity contribution >= 4 is 40.1 Å². The summed E-state index contributed by atoms with van der Waals surface area (Å²) in [6, 6.07) is 8.00. The van der Waals surface area contributed by atoms with Gasteiger partial charge in [-0.1, -0.05) is 6.07 Å². The lowest BCUT2D eigenvalue weighted by atomic mass is 9.73. The van der Waals surface area contributed by atoms with Gasteiger partial charge in [-0.15, -0.1) is 0 Å². The maximum Gasteiger partial charge on any atom is 0.227 e. The predicted molar refractivity (Wildman–Crippen MR) is 147 cm³/mol. The molecule has 11 heteroatoms. The highest BCUT2D eigenvalue weighted by atomic mass is 19.1. The van der Waals surface area contributed by atoms with Crippen molar-refractivity contribution in [3.63, 3.8) is 0 Å². The predicted octanol–water partition coefficient (Wildman–Crippen LogP) is 3.90. The van der Waals surface area contributed by atoms with Crippen LogP contribution in [0, 0.1) is 17.0 Å². The molecule has 0 radical (unpaired) electrons. The average molecular weight is 543 g/mol. The Bertz CT molecular complexity index is 1700. The normalized spacial score (nSPS) is 21.3. The van der Waals surface area contributed by atoms with Crippen LogP contribution in [0.4, 0.5) is 31.8 Å². The lowest BCUT2D eigenvalue weighted by Gasteiger charge is -2.42. The van der Waals surface area contributed by atoms with Crippen LogP contribution in [0.25, 0.3) is 11.2 Å². The number of hydrogen-bond donors (Lipinski definition) is 2. The van der Waals surface area contributed by atoms with E-state index in [0.717, 1.165) is 55.0 Å². The lowest BCUT2D eigenvalue weighted by molar-refractivity contribution is -0.118. The van der Waals surface area contributed by atoms with E-state index in [0.29, 0.717) is 54.2 Å². The van der Waals surface area contributed by atoms with Crippen LogP contribution in [0.3, 0.4) is 0 Å². The molecule has 4 aliphatic rings. The second kappa shape index (κ2) is 8.44. The number of H-pyrrole nitrogens is 1. The number of carbonyl (C=O) groups is 1. The number of aromatic amines is 1. The molecule has 4 aromatic rings. The third-order valence-electron chi connectivity index (χ3n) is 9.43. The van der Waals surface area contributed by atoms with E-state index in [1.54, 1.807) is 23.2 Å². The number of nitrogens with one attached hydrogen (secondary N) is 1. The van der Waals surface area contributed by atoms with Crippen molar-refractivity contribution in [2.75, 3.05) is 40.9 Å². The highest BCUT2D eigenvalue weighted by Gasteiger charge is 2.46.